The number of rotatable bonds is 2. The molecule has 0 radical (unpaired) electrons. The summed E-state index contributed by atoms with van der Waals surface area (Å²) >= 11 is 9.72. The molecule has 2 N–H and O–H groups in total. The van der Waals surface area contributed by atoms with Crippen molar-refractivity contribution in [1.29, 1.82) is 0 Å². The van der Waals surface area contributed by atoms with Crippen LogP contribution in [0.15, 0.2) is 40.9 Å². The van der Waals surface area contributed by atoms with Crippen LogP contribution in [0.5, 0.6) is 0 Å². The summed E-state index contributed by atoms with van der Waals surface area (Å²) in [6, 6.07) is 11.2. The fraction of sp³-hybridized carbons (Fsp3) is 0.0714. The van der Waals surface area contributed by atoms with Gasteiger partial charge in [-0.05, 0) is 53.2 Å². The average molecular weight is 365 g/mol. The zero-order chi connectivity index (χ0) is 15.0. The highest BCUT2D eigenvalue weighted by molar-refractivity contribution is 9.10. The van der Waals surface area contributed by atoms with Gasteiger partial charge in [-0.1, -0.05) is 33.6 Å². The molecule has 0 spiro atoms. The topological polar surface area (TPSA) is 69.6 Å². The lowest BCUT2D eigenvalue weighted by Gasteiger charge is -2.09. The van der Waals surface area contributed by atoms with E-state index in [2.05, 4.69) is 31.5 Å². The molecule has 1 aromatic heterocycles. The number of hydrogen-bond acceptors (Lipinski definition) is 4. The number of benzene rings is 2. The van der Waals surface area contributed by atoms with Crippen LogP contribution in [0, 0.1) is 6.92 Å². The lowest BCUT2D eigenvalue weighted by atomic mass is 10.1. The number of halogens is 2. The minimum Gasteiger partial charge on any atom is -0.398 e. The van der Waals surface area contributed by atoms with E-state index in [0.29, 0.717) is 22.1 Å². The number of anilines is 1. The highest BCUT2D eigenvalue weighted by Gasteiger charge is 2.17. The van der Waals surface area contributed by atoms with E-state index in [4.69, 9.17) is 17.3 Å². The fourth-order valence-electron chi connectivity index (χ4n) is 2.13. The van der Waals surface area contributed by atoms with E-state index in [9.17, 15) is 0 Å². The lowest BCUT2D eigenvalue weighted by molar-refractivity contribution is 0.790. The highest BCUT2D eigenvalue weighted by Crippen LogP contribution is 2.32. The van der Waals surface area contributed by atoms with Gasteiger partial charge in [0.25, 0.3) is 0 Å². The molecule has 0 fully saturated rings. The van der Waals surface area contributed by atoms with Gasteiger partial charge < -0.3 is 5.73 Å². The van der Waals surface area contributed by atoms with E-state index in [-0.39, 0.29) is 0 Å². The van der Waals surface area contributed by atoms with Gasteiger partial charge in [-0.2, -0.15) is 4.68 Å². The Morgan fingerprint density at radius 1 is 1.24 bits per heavy atom. The molecule has 0 aliphatic heterocycles. The molecular weight excluding hydrogens is 354 g/mol. The van der Waals surface area contributed by atoms with Crippen molar-refractivity contribution in [2.75, 3.05) is 5.73 Å². The van der Waals surface area contributed by atoms with Crippen molar-refractivity contribution in [2.24, 2.45) is 0 Å². The summed E-state index contributed by atoms with van der Waals surface area (Å²) in [7, 11) is 0. The van der Waals surface area contributed by atoms with Gasteiger partial charge in [0.15, 0.2) is 5.82 Å². The van der Waals surface area contributed by atoms with Crippen molar-refractivity contribution in [3.63, 3.8) is 0 Å². The van der Waals surface area contributed by atoms with E-state index in [1.807, 2.05) is 25.1 Å². The molecular formula is C14H11BrClN5. The van der Waals surface area contributed by atoms with E-state index in [0.717, 1.165) is 15.7 Å². The molecule has 0 saturated heterocycles. The SMILES string of the molecule is Cc1cc(Br)cc(-n2nnnc2-c2c(N)cccc2Cl)c1. The first-order valence-corrected chi connectivity index (χ1v) is 7.33. The smallest absolute Gasteiger partial charge is 0.190 e. The average Bonchev–Trinajstić information content (AvgIpc) is 2.86. The maximum Gasteiger partial charge on any atom is 0.190 e. The van der Waals surface area contributed by atoms with Crippen molar-refractivity contribution in [1.82, 2.24) is 20.2 Å². The van der Waals surface area contributed by atoms with Gasteiger partial charge in [0, 0.05) is 10.2 Å². The molecule has 0 aliphatic carbocycles. The van der Waals surface area contributed by atoms with Crippen LogP contribution in [-0.2, 0) is 0 Å². The number of hydrogen-bond donors (Lipinski definition) is 1. The Hall–Kier alpha value is -1.92. The maximum atomic E-state index is 6.24. The van der Waals surface area contributed by atoms with E-state index < -0.39 is 0 Å². The number of aryl methyl sites for hydroxylation is 1. The van der Waals surface area contributed by atoms with Crippen LogP contribution < -0.4 is 5.73 Å². The molecule has 3 aromatic rings. The van der Waals surface area contributed by atoms with Gasteiger partial charge in [0.2, 0.25) is 0 Å². The maximum absolute atomic E-state index is 6.24. The number of nitrogen functional groups attached to an aromatic ring is 1. The summed E-state index contributed by atoms with van der Waals surface area (Å²) in [4.78, 5) is 0. The molecule has 106 valence electrons. The van der Waals surface area contributed by atoms with Crippen molar-refractivity contribution in [3.05, 3.63) is 51.5 Å². The molecule has 5 nitrogen and oxygen atoms in total. The predicted octanol–water partition coefficient (Wildman–Crippen LogP) is 3.64. The predicted molar refractivity (Wildman–Crippen MR) is 86.4 cm³/mol. The zero-order valence-electron chi connectivity index (χ0n) is 11.1. The molecule has 3 rings (SSSR count). The summed E-state index contributed by atoms with van der Waals surface area (Å²) in [5, 5.41) is 12.4. The molecule has 0 aliphatic rings. The molecule has 0 saturated carbocycles. The standard InChI is InChI=1S/C14H11BrClN5/c1-8-5-9(15)7-10(6-8)21-14(18-19-20-21)13-11(16)3-2-4-12(13)17/h2-7H,17H2,1H3. The Morgan fingerprint density at radius 3 is 2.76 bits per heavy atom. The summed E-state index contributed by atoms with van der Waals surface area (Å²) in [5.41, 5.74) is 9.10. The first kappa shape index (κ1) is 14.0. The van der Waals surface area contributed by atoms with Gasteiger partial charge >= 0.3 is 0 Å². The second kappa shape index (κ2) is 5.46. The first-order chi connectivity index (χ1) is 10.1. The summed E-state index contributed by atoms with van der Waals surface area (Å²) in [6.07, 6.45) is 0. The van der Waals surface area contributed by atoms with Crippen LogP contribution in [0.4, 0.5) is 5.69 Å². The van der Waals surface area contributed by atoms with E-state index in [1.165, 1.54) is 0 Å². The normalized spacial score (nSPS) is 10.8. The molecule has 1 heterocycles. The first-order valence-electron chi connectivity index (χ1n) is 6.16. The van der Waals surface area contributed by atoms with Crippen LogP contribution in [0.1, 0.15) is 5.56 Å². The van der Waals surface area contributed by atoms with Gasteiger partial charge in [-0.15, -0.1) is 5.10 Å². The summed E-state index contributed by atoms with van der Waals surface area (Å²) in [6.45, 7) is 2.00. The Labute approximate surface area is 134 Å². The number of aromatic nitrogens is 4. The zero-order valence-corrected chi connectivity index (χ0v) is 13.4. The number of nitrogens with zero attached hydrogens (tertiary/aromatic N) is 4. The number of tetrazole rings is 1. The summed E-state index contributed by atoms with van der Waals surface area (Å²) in [5.74, 6) is 0.510. The molecule has 0 amide bonds. The fourth-order valence-corrected chi connectivity index (χ4v) is 2.99. The minimum absolute atomic E-state index is 0.510. The number of nitrogens with two attached hydrogens (primary N) is 1. The molecule has 2 aromatic carbocycles. The summed E-state index contributed by atoms with van der Waals surface area (Å²) < 4.78 is 2.57. The third kappa shape index (κ3) is 2.64. The molecule has 0 bridgehead atoms. The Bertz CT molecular complexity index is 774. The van der Waals surface area contributed by atoms with Crippen LogP contribution in [-0.4, -0.2) is 20.2 Å². The van der Waals surface area contributed by atoms with Gasteiger partial charge in [0.05, 0.1) is 16.3 Å². The lowest BCUT2D eigenvalue weighted by Crippen LogP contribution is -2.02. The van der Waals surface area contributed by atoms with Crippen LogP contribution in [0.3, 0.4) is 0 Å². The molecule has 0 atom stereocenters. The van der Waals surface area contributed by atoms with Crippen molar-refractivity contribution in [3.8, 4) is 17.1 Å². The highest BCUT2D eigenvalue weighted by atomic mass is 79.9. The Morgan fingerprint density at radius 2 is 2.05 bits per heavy atom. The third-order valence-corrected chi connectivity index (χ3v) is 3.78. The van der Waals surface area contributed by atoms with Crippen LogP contribution >= 0.6 is 27.5 Å². The Balaban J connectivity index is 2.22. The quantitative estimate of drug-likeness (QED) is 0.705. The molecule has 21 heavy (non-hydrogen) atoms. The Kier molecular flexibility index (Phi) is 3.65. The van der Waals surface area contributed by atoms with Crippen LogP contribution in [0.25, 0.3) is 17.1 Å². The monoisotopic (exact) mass is 363 g/mol. The second-order valence-corrected chi connectivity index (χ2v) is 5.93. The molecule has 0 unspecified atom stereocenters. The second-order valence-electron chi connectivity index (χ2n) is 4.61. The van der Waals surface area contributed by atoms with Gasteiger partial charge in [0.1, 0.15) is 0 Å². The van der Waals surface area contributed by atoms with E-state index >= 15 is 0 Å². The van der Waals surface area contributed by atoms with E-state index in [1.54, 1.807) is 22.9 Å². The van der Waals surface area contributed by atoms with Gasteiger partial charge in [-0.25, -0.2) is 0 Å². The minimum atomic E-state index is 0.510. The van der Waals surface area contributed by atoms with Gasteiger partial charge in [-0.3, -0.25) is 0 Å². The molecule has 7 heteroatoms. The van der Waals surface area contributed by atoms with Crippen molar-refractivity contribution < 1.29 is 0 Å². The third-order valence-electron chi connectivity index (χ3n) is 3.01. The largest absolute Gasteiger partial charge is 0.398 e. The van der Waals surface area contributed by atoms with Crippen molar-refractivity contribution in [2.45, 2.75) is 6.92 Å². The van der Waals surface area contributed by atoms with Crippen molar-refractivity contribution >= 4 is 33.2 Å². The van der Waals surface area contributed by atoms with Crippen LogP contribution in [0.2, 0.25) is 5.02 Å².